The molecule has 1 fully saturated rings. The average molecular weight is 316 g/mol. The Morgan fingerprint density at radius 1 is 1.57 bits per heavy atom. The van der Waals surface area contributed by atoms with Crippen molar-refractivity contribution < 1.29 is 19.3 Å². The van der Waals surface area contributed by atoms with Gasteiger partial charge in [-0.25, -0.2) is 0 Å². The van der Waals surface area contributed by atoms with E-state index in [0.717, 1.165) is 4.43 Å². The lowest BCUT2D eigenvalue weighted by Crippen LogP contribution is -2.35. The maximum absolute atomic E-state index is 9.53. The van der Waals surface area contributed by atoms with Crippen LogP contribution >= 0.6 is 22.6 Å². The molecule has 1 N–H and O–H groups in total. The van der Waals surface area contributed by atoms with E-state index in [1.165, 1.54) is 0 Å². The van der Waals surface area contributed by atoms with Gasteiger partial charge in [0, 0.05) is 18.0 Å². The van der Waals surface area contributed by atoms with E-state index in [0.29, 0.717) is 6.42 Å². The molecule has 14 heavy (non-hydrogen) atoms. The second-order valence-electron chi connectivity index (χ2n) is 3.83. The molecule has 0 unspecified atom stereocenters. The molecule has 1 heterocycles. The van der Waals surface area contributed by atoms with Crippen LogP contribution in [0.4, 0.5) is 0 Å². The van der Waals surface area contributed by atoms with E-state index in [2.05, 4.69) is 22.6 Å². The second-order valence-corrected chi connectivity index (χ2v) is 4.71. The molecule has 0 saturated carbocycles. The summed E-state index contributed by atoms with van der Waals surface area (Å²) in [7, 11) is 1.61. The number of methoxy groups -OCH3 is 1. The molecule has 0 bridgehead atoms. The monoisotopic (exact) mass is 316 g/mol. The van der Waals surface area contributed by atoms with E-state index in [9.17, 15) is 5.11 Å². The molecule has 84 valence electrons. The van der Waals surface area contributed by atoms with E-state index >= 15 is 0 Å². The summed E-state index contributed by atoms with van der Waals surface area (Å²) in [5.74, 6) is -1.11. The first-order valence-corrected chi connectivity index (χ1v) is 6.13. The van der Waals surface area contributed by atoms with Gasteiger partial charge in [0.2, 0.25) is 0 Å². The highest BCUT2D eigenvalue weighted by molar-refractivity contribution is 14.1. The quantitative estimate of drug-likeness (QED) is 0.482. The highest BCUT2D eigenvalue weighted by atomic mass is 127. The van der Waals surface area contributed by atoms with Crippen LogP contribution in [0.25, 0.3) is 0 Å². The molecule has 3 atom stereocenters. The fraction of sp³-hybridized carbons (Fsp3) is 1.00. The van der Waals surface area contributed by atoms with Crippen molar-refractivity contribution in [3.8, 4) is 0 Å². The first-order valence-electron chi connectivity index (χ1n) is 4.60. The second kappa shape index (κ2) is 5.07. The van der Waals surface area contributed by atoms with Crippen molar-refractivity contribution in [2.45, 2.75) is 44.6 Å². The summed E-state index contributed by atoms with van der Waals surface area (Å²) in [6.45, 7) is 3.24. The molecule has 0 aromatic carbocycles. The lowest BCUT2D eigenvalue weighted by molar-refractivity contribution is -0.212. The van der Waals surface area contributed by atoms with Gasteiger partial charge in [0.25, 0.3) is 0 Å². The van der Waals surface area contributed by atoms with Gasteiger partial charge in [-0.15, -0.1) is 0 Å². The number of alkyl halides is 1. The van der Waals surface area contributed by atoms with Crippen molar-refractivity contribution in [3.63, 3.8) is 0 Å². The minimum Gasteiger partial charge on any atom is -0.366 e. The van der Waals surface area contributed by atoms with Crippen LogP contribution in [0.1, 0.15) is 20.3 Å². The number of ether oxygens (including phenoxy) is 3. The minimum atomic E-state index is -1.11. The van der Waals surface area contributed by atoms with Gasteiger partial charge in [-0.3, -0.25) is 0 Å². The maximum atomic E-state index is 9.53. The summed E-state index contributed by atoms with van der Waals surface area (Å²) in [6, 6.07) is 0. The van der Waals surface area contributed by atoms with Gasteiger partial charge in [0.05, 0.1) is 12.2 Å². The van der Waals surface area contributed by atoms with Gasteiger partial charge in [-0.05, 0) is 13.8 Å². The summed E-state index contributed by atoms with van der Waals surface area (Å²) in [5, 5.41) is 9.53. The molecule has 1 aliphatic rings. The molecule has 0 aliphatic carbocycles. The van der Waals surface area contributed by atoms with E-state index in [4.69, 9.17) is 14.2 Å². The van der Waals surface area contributed by atoms with Crippen LogP contribution in [0.3, 0.4) is 0 Å². The molecule has 0 spiro atoms. The van der Waals surface area contributed by atoms with Crippen LogP contribution in [0.2, 0.25) is 0 Å². The largest absolute Gasteiger partial charge is 0.366 e. The molecule has 0 amide bonds. The standard InChI is InChI=1S/C9H17IO4/c1-9(2,11)14-6-4-8(12-3)13-7(6)5-10/h6-8,11H,4-5H2,1-3H3/t6-,7+,8+/m0/s1. The van der Waals surface area contributed by atoms with Crippen molar-refractivity contribution in [1.29, 1.82) is 0 Å². The summed E-state index contributed by atoms with van der Waals surface area (Å²) < 4.78 is 17.0. The molecule has 4 nitrogen and oxygen atoms in total. The van der Waals surface area contributed by atoms with Gasteiger partial charge >= 0.3 is 0 Å². The zero-order chi connectivity index (χ0) is 10.8. The zero-order valence-electron chi connectivity index (χ0n) is 8.70. The number of aliphatic hydroxyl groups is 1. The van der Waals surface area contributed by atoms with E-state index in [1.54, 1.807) is 21.0 Å². The van der Waals surface area contributed by atoms with Gasteiger partial charge < -0.3 is 19.3 Å². The Labute approximate surface area is 98.0 Å². The maximum Gasteiger partial charge on any atom is 0.160 e. The van der Waals surface area contributed by atoms with E-state index in [-0.39, 0.29) is 18.5 Å². The summed E-state index contributed by atoms with van der Waals surface area (Å²) in [5.41, 5.74) is 0. The molecule has 0 radical (unpaired) electrons. The molecule has 1 aliphatic heterocycles. The Morgan fingerprint density at radius 3 is 2.64 bits per heavy atom. The lowest BCUT2D eigenvalue weighted by atomic mass is 10.2. The fourth-order valence-electron chi connectivity index (χ4n) is 1.46. The van der Waals surface area contributed by atoms with Crippen molar-refractivity contribution >= 4 is 22.6 Å². The highest BCUT2D eigenvalue weighted by Gasteiger charge is 2.38. The zero-order valence-corrected chi connectivity index (χ0v) is 10.9. The Morgan fingerprint density at radius 2 is 2.21 bits per heavy atom. The summed E-state index contributed by atoms with van der Waals surface area (Å²) >= 11 is 2.24. The molecular formula is C9H17IO4. The Balaban J connectivity index is 2.51. The minimum absolute atomic E-state index is 0.00646. The first kappa shape index (κ1) is 12.6. The highest BCUT2D eigenvalue weighted by Crippen LogP contribution is 2.27. The summed E-state index contributed by atoms with van der Waals surface area (Å²) in [4.78, 5) is 0. The third-order valence-corrected chi connectivity index (χ3v) is 2.89. The van der Waals surface area contributed by atoms with Crippen LogP contribution in [-0.4, -0.2) is 40.9 Å². The first-order chi connectivity index (χ1) is 6.46. The molecule has 0 aromatic heterocycles. The molecule has 1 saturated heterocycles. The number of hydrogen-bond acceptors (Lipinski definition) is 4. The van der Waals surface area contributed by atoms with Gasteiger partial charge in [0.15, 0.2) is 12.1 Å². The van der Waals surface area contributed by atoms with Crippen LogP contribution in [-0.2, 0) is 14.2 Å². The smallest absolute Gasteiger partial charge is 0.160 e. The van der Waals surface area contributed by atoms with E-state index < -0.39 is 5.79 Å². The molecular weight excluding hydrogens is 299 g/mol. The predicted octanol–water partition coefficient (Wildman–Crippen LogP) is 1.30. The van der Waals surface area contributed by atoms with Crippen LogP contribution in [0.5, 0.6) is 0 Å². The summed E-state index contributed by atoms with van der Waals surface area (Å²) in [6.07, 6.45) is 0.389. The van der Waals surface area contributed by atoms with Crippen LogP contribution in [0.15, 0.2) is 0 Å². The van der Waals surface area contributed by atoms with Crippen molar-refractivity contribution in [2.75, 3.05) is 11.5 Å². The lowest BCUT2D eigenvalue weighted by Gasteiger charge is -2.25. The van der Waals surface area contributed by atoms with Crippen LogP contribution < -0.4 is 0 Å². The van der Waals surface area contributed by atoms with Gasteiger partial charge in [0.1, 0.15) is 0 Å². The third kappa shape index (κ3) is 3.62. The van der Waals surface area contributed by atoms with Gasteiger partial charge in [-0.2, -0.15) is 0 Å². The fourth-order valence-corrected chi connectivity index (χ4v) is 2.24. The number of halogens is 1. The number of hydrogen-bond donors (Lipinski definition) is 1. The Kier molecular flexibility index (Phi) is 4.57. The Hall–Kier alpha value is 0.570. The van der Waals surface area contributed by atoms with Gasteiger partial charge in [-0.1, -0.05) is 22.6 Å². The molecule has 1 rings (SSSR count). The predicted molar refractivity (Wildman–Crippen MR) is 60.3 cm³/mol. The topological polar surface area (TPSA) is 47.9 Å². The number of rotatable bonds is 4. The molecule has 5 heteroatoms. The normalized spacial score (nSPS) is 33.6. The van der Waals surface area contributed by atoms with E-state index in [1.807, 2.05) is 0 Å². The molecule has 0 aromatic rings. The Bertz CT molecular complexity index is 180. The van der Waals surface area contributed by atoms with Crippen molar-refractivity contribution in [2.24, 2.45) is 0 Å². The van der Waals surface area contributed by atoms with Crippen molar-refractivity contribution in [3.05, 3.63) is 0 Å². The third-order valence-electron chi connectivity index (χ3n) is 2.02. The van der Waals surface area contributed by atoms with Crippen molar-refractivity contribution in [1.82, 2.24) is 0 Å². The average Bonchev–Trinajstić information content (AvgIpc) is 2.44. The van der Waals surface area contributed by atoms with Crippen LogP contribution in [0, 0.1) is 0 Å². The SMILES string of the molecule is CO[C@H]1C[C@H](OC(C)(C)O)[C@@H](CI)O1.